The van der Waals surface area contributed by atoms with Crippen LogP contribution in [-0.4, -0.2) is 50.3 Å². The van der Waals surface area contributed by atoms with Gasteiger partial charge in [-0.3, -0.25) is 4.90 Å². The highest BCUT2D eigenvalue weighted by atomic mass is 16.7. The van der Waals surface area contributed by atoms with Crippen molar-refractivity contribution >= 4 is 0 Å². The Labute approximate surface area is 90.5 Å². The minimum absolute atomic E-state index is 0.139. The van der Waals surface area contributed by atoms with Crippen LogP contribution in [-0.2, 0) is 14.2 Å². The van der Waals surface area contributed by atoms with Gasteiger partial charge < -0.3 is 14.2 Å². The Balaban J connectivity index is 1.73. The van der Waals surface area contributed by atoms with E-state index in [2.05, 4.69) is 4.90 Å². The number of hydrogen-bond donors (Lipinski definition) is 0. The predicted molar refractivity (Wildman–Crippen MR) is 54.3 cm³/mol. The summed E-state index contributed by atoms with van der Waals surface area (Å²) < 4.78 is 16.7. The van der Waals surface area contributed by atoms with Gasteiger partial charge in [0.1, 0.15) is 0 Å². The lowest BCUT2D eigenvalue weighted by molar-refractivity contribution is -0.195. The van der Waals surface area contributed by atoms with Crippen molar-refractivity contribution in [1.82, 2.24) is 4.90 Å². The fraction of sp³-hybridized carbons (Fsp3) is 1.00. The van der Waals surface area contributed by atoms with Gasteiger partial charge in [-0.05, 0) is 19.3 Å². The fourth-order valence-corrected chi connectivity index (χ4v) is 3.59. The molecule has 1 spiro atoms. The maximum Gasteiger partial charge on any atom is 0.218 e. The molecule has 0 aromatic carbocycles. The van der Waals surface area contributed by atoms with Crippen LogP contribution in [0.25, 0.3) is 0 Å². The van der Waals surface area contributed by atoms with Gasteiger partial charge in [0.2, 0.25) is 6.41 Å². The first-order chi connectivity index (χ1) is 7.27. The van der Waals surface area contributed by atoms with Crippen molar-refractivity contribution in [2.75, 3.05) is 27.3 Å². The molecule has 0 amide bonds. The lowest BCUT2D eigenvalue weighted by atomic mass is 9.81. The Morgan fingerprint density at radius 1 is 1.40 bits per heavy atom. The first-order valence-corrected chi connectivity index (χ1v) is 5.75. The minimum Gasteiger partial charge on any atom is -0.370 e. The second kappa shape index (κ2) is 3.42. The van der Waals surface area contributed by atoms with Gasteiger partial charge in [0.05, 0.1) is 11.7 Å². The van der Waals surface area contributed by atoms with Gasteiger partial charge in [-0.15, -0.1) is 0 Å². The minimum atomic E-state index is -0.201. The van der Waals surface area contributed by atoms with Crippen molar-refractivity contribution in [3.63, 3.8) is 0 Å². The van der Waals surface area contributed by atoms with Crippen LogP contribution >= 0.6 is 0 Å². The number of ether oxygens (including phenoxy) is 3. The Morgan fingerprint density at radius 3 is 2.80 bits per heavy atom. The highest BCUT2D eigenvalue weighted by molar-refractivity contribution is 5.08. The number of methoxy groups -OCH3 is 2. The molecule has 3 rings (SSSR count). The Bertz CT molecular complexity index is 256. The maximum absolute atomic E-state index is 6.10. The molecule has 0 aromatic rings. The molecule has 0 N–H and O–H groups in total. The molecule has 86 valence electrons. The van der Waals surface area contributed by atoms with Crippen LogP contribution in [0.1, 0.15) is 19.3 Å². The summed E-state index contributed by atoms with van der Waals surface area (Å²) in [5.41, 5.74) is 0.139. The summed E-state index contributed by atoms with van der Waals surface area (Å²) >= 11 is 0. The Kier molecular flexibility index (Phi) is 2.28. The number of likely N-dealkylation sites (tertiary alicyclic amines) is 1. The van der Waals surface area contributed by atoms with Crippen LogP contribution in [0.2, 0.25) is 0 Å². The Morgan fingerprint density at radius 2 is 2.20 bits per heavy atom. The summed E-state index contributed by atoms with van der Waals surface area (Å²) in [5.74, 6) is 0.698. The van der Waals surface area contributed by atoms with Crippen molar-refractivity contribution < 1.29 is 14.2 Å². The average Bonchev–Trinajstić information content (AvgIpc) is 2.84. The smallest absolute Gasteiger partial charge is 0.218 e. The third-order valence-electron chi connectivity index (χ3n) is 4.21. The molecule has 3 atom stereocenters. The monoisotopic (exact) mass is 213 g/mol. The molecular formula is C11H19NO3. The van der Waals surface area contributed by atoms with E-state index >= 15 is 0 Å². The Hall–Kier alpha value is -0.160. The van der Waals surface area contributed by atoms with E-state index in [-0.39, 0.29) is 12.0 Å². The van der Waals surface area contributed by atoms with Gasteiger partial charge in [0, 0.05) is 33.2 Å². The summed E-state index contributed by atoms with van der Waals surface area (Å²) in [6.07, 6.45) is 4.04. The third kappa shape index (κ3) is 1.35. The lowest BCUT2D eigenvalue weighted by Gasteiger charge is -2.27. The van der Waals surface area contributed by atoms with E-state index in [0.29, 0.717) is 12.0 Å². The van der Waals surface area contributed by atoms with E-state index in [0.717, 1.165) is 13.1 Å². The molecule has 3 saturated heterocycles. The molecule has 4 nitrogen and oxygen atoms in total. The number of nitrogens with zero attached hydrogens (tertiary/aromatic N) is 1. The SMILES string of the molecule is COC(OC)N1CC2CC3CCC2(C1)O3. The molecule has 0 saturated carbocycles. The first-order valence-electron chi connectivity index (χ1n) is 5.75. The number of hydrogen-bond acceptors (Lipinski definition) is 4. The second-order valence-electron chi connectivity index (χ2n) is 4.98. The van der Waals surface area contributed by atoms with E-state index in [1.807, 2.05) is 0 Å². The van der Waals surface area contributed by atoms with Gasteiger partial charge in [0.15, 0.2) is 0 Å². The van der Waals surface area contributed by atoms with Crippen molar-refractivity contribution in [3.8, 4) is 0 Å². The van der Waals surface area contributed by atoms with E-state index in [1.54, 1.807) is 14.2 Å². The highest BCUT2D eigenvalue weighted by Gasteiger charge is 2.58. The van der Waals surface area contributed by atoms with Gasteiger partial charge in [-0.1, -0.05) is 0 Å². The molecule has 0 aliphatic carbocycles. The van der Waals surface area contributed by atoms with E-state index in [4.69, 9.17) is 14.2 Å². The molecule has 3 unspecified atom stereocenters. The van der Waals surface area contributed by atoms with Gasteiger partial charge >= 0.3 is 0 Å². The van der Waals surface area contributed by atoms with Crippen molar-refractivity contribution in [2.24, 2.45) is 5.92 Å². The van der Waals surface area contributed by atoms with Crippen LogP contribution in [0.15, 0.2) is 0 Å². The summed E-state index contributed by atoms with van der Waals surface area (Å²) in [6.45, 7) is 2.03. The molecule has 3 aliphatic heterocycles. The largest absolute Gasteiger partial charge is 0.370 e. The molecule has 3 aliphatic rings. The second-order valence-corrected chi connectivity index (χ2v) is 4.98. The lowest BCUT2D eigenvalue weighted by Crippen LogP contribution is -2.40. The van der Waals surface area contributed by atoms with Crippen LogP contribution in [0.4, 0.5) is 0 Å². The van der Waals surface area contributed by atoms with E-state index in [1.165, 1.54) is 19.3 Å². The average molecular weight is 213 g/mol. The molecule has 3 fully saturated rings. The molecule has 0 radical (unpaired) electrons. The maximum atomic E-state index is 6.10. The van der Waals surface area contributed by atoms with Crippen molar-refractivity contribution in [1.29, 1.82) is 0 Å². The normalized spacial score (nSPS) is 44.2. The van der Waals surface area contributed by atoms with Crippen LogP contribution in [0.5, 0.6) is 0 Å². The number of fused-ring (bicyclic) bond motifs is 1. The van der Waals surface area contributed by atoms with E-state index in [9.17, 15) is 0 Å². The zero-order valence-corrected chi connectivity index (χ0v) is 9.44. The van der Waals surface area contributed by atoms with Crippen LogP contribution in [0.3, 0.4) is 0 Å². The molecular weight excluding hydrogens is 194 g/mol. The molecule has 15 heavy (non-hydrogen) atoms. The quantitative estimate of drug-likeness (QED) is 0.649. The summed E-state index contributed by atoms with van der Waals surface area (Å²) in [4.78, 5) is 2.26. The molecule has 4 heteroatoms. The summed E-state index contributed by atoms with van der Waals surface area (Å²) in [7, 11) is 3.39. The van der Waals surface area contributed by atoms with Gasteiger partial charge in [-0.2, -0.15) is 0 Å². The predicted octanol–water partition coefficient (Wildman–Crippen LogP) is 0.816. The molecule has 3 heterocycles. The van der Waals surface area contributed by atoms with Crippen LogP contribution < -0.4 is 0 Å². The summed E-state index contributed by atoms with van der Waals surface area (Å²) in [5, 5.41) is 0. The molecule has 0 aromatic heterocycles. The highest BCUT2D eigenvalue weighted by Crippen LogP contribution is 2.51. The fourth-order valence-electron chi connectivity index (χ4n) is 3.59. The molecule has 2 bridgehead atoms. The van der Waals surface area contributed by atoms with Gasteiger partial charge in [0.25, 0.3) is 0 Å². The first kappa shape index (κ1) is 10.0. The van der Waals surface area contributed by atoms with Gasteiger partial charge in [-0.25, -0.2) is 0 Å². The van der Waals surface area contributed by atoms with E-state index < -0.39 is 0 Å². The number of rotatable bonds is 3. The third-order valence-corrected chi connectivity index (χ3v) is 4.21. The van der Waals surface area contributed by atoms with Crippen LogP contribution in [0, 0.1) is 5.92 Å². The topological polar surface area (TPSA) is 30.9 Å². The van der Waals surface area contributed by atoms with Crippen molar-refractivity contribution in [3.05, 3.63) is 0 Å². The standard InChI is InChI=1S/C11H19NO3/c1-13-10(14-2)12-6-8-5-9-3-4-11(8,7-12)15-9/h8-10H,3-7H2,1-2H3. The van der Waals surface area contributed by atoms with Crippen molar-refractivity contribution in [2.45, 2.75) is 37.4 Å². The zero-order chi connectivity index (χ0) is 10.5. The zero-order valence-electron chi connectivity index (χ0n) is 9.44. The summed E-state index contributed by atoms with van der Waals surface area (Å²) in [6, 6.07) is 0.